The topological polar surface area (TPSA) is 224 Å². The van der Waals surface area contributed by atoms with Crippen molar-refractivity contribution in [3.63, 3.8) is 0 Å². The summed E-state index contributed by atoms with van der Waals surface area (Å²) in [6, 6.07) is 54.2. The van der Waals surface area contributed by atoms with Crippen molar-refractivity contribution in [1.29, 1.82) is 0 Å². The highest BCUT2D eigenvalue weighted by Crippen LogP contribution is 2.28. The van der Waals surface area contributed by atoms with Crippen molar-refractivity contribution in [1.82, 2.24) is 43.4 Å². The number of hydrogen-bond donors (Lipinski definition) is 4. The number of pyridine rings is 5. The quantitative estimate of drug-likeness (QED) is 0.0704. The number of carbonyl (C=O) groups excluding carboxylic acids is 2. The number of aromatic nitrogens is 8. The van der Waals surface area contributed by atoms with Crippen molar-refractivity contribution < 1.29 is 29.4 Å². The number of benzene rings is 5. The fraction of sp³-hybridized carbons (Fsp3) is 0.0972. The zero-order chi connectivity index (χ0) is 70.3. The fourth-order valence-electron chi connectivity index (χ4n) is 9.30. The SMILES string of the molecule is Clc1ccc(Cc2ncc3ccccn23)c(Cl)c1.NCc1ccccn1.O=C(Cc1ccc(Cl)cc1Cl)NCc1ccccn1.O=C(O)Cc1ccc(Cl)cc1Cl.O=C(O)c1nc(Cc2ccc(Cl)cc2Cl)n2ccccc12.O=Cc1nc(Cc2ccc(Cl)cc2Cl)n2ccccc12. The largest absolute Gasteiger partial charge is 0.481 e. The Morgan fingerprint density at radius 1 is 0.449 bits per heavy atom. The lowest BCUT2D eigenvalue weighted by molar-refractivity contribution is -0.136. The van der Waals surface area contributed by atoms with Crippen molar-refractivity contribution in [2.24, 2.45) is 5.73 Å². The summed E-state index contributed by atoms with van der Waals surface area (Å²) >= 11 is 59.3. The molecule has 13 rings (SSSR count). The summed E-state index contributed by atoms with van der Waals surface area (Å²) in [5.41, 5.74) is 14.1. The molecule has 0 fully saturated rings. The Hall–Kier alpha value is -8.59. The van der Waals surface area contributed by atoms with Crippen LogP contribution in [0.3, 0.4) is 0 Å². The number of hydrogen-bond acceptors (Lipinski definition) is 10. The summed E-state index contributed by atoms with van der Waals surface area (Å²) in [6.45, 7) is 0.936. The number of nitrogens with one attached hydrogen (secondary N) is 1. The first kappa shape index (κ1) is 75.2. The zero-order valence-corrected chi connectivity index (χ0v) is 58.8. The number of carboxylic acids is 2. The maximum absolute atomic E-state index is 11.8. The minimum absolute atomic E-state index is 0.0377. The highest BCUT2D eigenvalue weighted by molar-refractivity contribution is 6.37. The first-order valence-corrected chi connectivity index (χ1v) is 33.1. The molecule has 0 unspecified atom stereocenters. The van der Waals surface area contributed by atoms with Crippen LogP contribution in [-0.2, 0) is 54.8 Å². The van der Waals surface area contributed by atoms with Gasteiger partial charge in [0.15, 0.2) is 12.0 Å². The van der Waals surface area contributed by atoms with E-state index >= 15 is 0 Å². The first-order chi connectivity index (χ1) is 47.2. The number of aromatic carboxylic acids is 1. The van der Waals surface area contributed by atoms with Gasteiger partial charge in [0.25, 0.3) is 0 Å². The van der Waals surface area contributed by atoms with Gasteiger partial charge in [-0.05, 0) is 149 Å². The molecule has 0 bridgehead atoms. The third-order valence-corrected chi connectivity index (χ3v) is 17.0. The number of imidazole rings is 3. The van der Waals surface area contributed by atoms with Crippen LogP contribution < -0.4 is 11.1 Å². The highest BCUT2D eigenvalue weighted by atomic mass is 35.5. The normalized spacial score (nSPS) is 10.5. The molecule has 0 aliphatic heterocycles. The maximum atomic E-state index is 11.8. The molecule has 16 nitrogen and oxygen atoms in total. The van der Waals surface area contributed by atoms with E-state index in [1.54, 1.807) is 95.8 Å². The molecule has 0 saturated heterocycles. The Bertz CT molecular complexity index is 4890. The molecular formula is C72H56Cl10N10O6. The lowest BCUT2D eigenvalue weighted by Crippen LogP contribution is -2.25. The Balaban J connectivity index is 0.000000153. The Kier molecular flexibility index (Phi) is 28.7. The number of amides is 1. The molecule has 8 heterocycles. The van der Waals surface area contributed by atoms with E-state index < -0.39 is 11.9 Å². The van der Waals surface area contributed by atoms with Gasteiger partial charge in [0, 0.05) is 107 Å². The molecular weight excluding hydrogens is 1460 g/mol. The molecule has 13 aromatic rings. The van der Waals surface area contributed by atoms with Crippen LogP contribution >= 0.6 is 116 Å². The van der Waals surface area contributed by atoms with E-state index in [1.165, 1.54) is 6.07 Å². The van der Waals surface area contributed by atoms with Crippen LogP contribution in [0.15, 0.2) is 219 Å². The summed E-state index contributed by atoms with van der Waals surface area (Å²) in [5, 5.41) is 26.1. The van der Waals surface area contributed by atoms with E-state index in [-0.39, 0.29) is 24.4 Å². The maximum Gasteiger partial charge on any atom is 0.356 e. The zero-order valence-electron chi connectivity index (χ0n) is 51.3. The van der Waals surface area contributed by atoms with E-state index in [2.05, 4.69) is 34.6 Å². The molecule has 0 aliphatic carbocycles. The number of nitrogens with two attached hydrogens (primary N) is 1. The van der Waals surface area contributed by atoms with Gasteiger partial charge in [-0.2, -0.15) is 0 Å². The molecule has 5 N–H and O–H groups in total. The van der Waals surface area contributed by atoms with Gasteiger partial charge in [-0.1, -0.05) is 177 Å². The first-order valence-electron chi connectivity index (χ1n) is 29.4. The van der Waals surface area contributed by atoms with Gasteiger partial charge in [0.2, 0.25) is 5.91 Å². The van der Waals surface area contributed by atoms with E-state index in [0.29, 0.717) is 105 Å². The van der Waals surface area contributed by atoms with Crippen molar-refractivity contribution in [2.75, 3.05) is 0 Å². The monoisotopic (exact) mass is 1510 g/mol. The second-order valence-corrected chi connectivity index (χ2v) is 25.1. The van der Waals surface area contributed by atoms with Gasteiger partial charge in [0.05, 0.1) is 53.5 Å². The number of halogens is 10. The number of carboxylic acid groups (broad SMARTS) is 2. The van der Waals surface area contributed by atoms with Crippen LogP contribution in [0.4, 0.5) is 0 Å². The second kappa shape index (κ2) is 37.4. The number of nitrogens with zero attached hydrogens (tertiary/aromatic N) is 8. The van der Waals surface area contributed by atoms with Crippen LogP contribution in [0.1, 0.15) is 77.7 Å². The van der Waals surface area contributed by atoms with Crippen LogP contribution in [0.2, 0.25) is 50.2 Å². The van der Waals surface area contributed by atoms with E-state index in [4.69, 9.17) is 127 Å². The number of rotatable bonds is 15. The van der Waals surface area contributed by atoms with Crippen LogP contribution in [-0.4, -0.2) is 72.5 Å². The van der Waals surface area contributed by atoms with Crippen LogP contribution in [0.5, 0.6) is 0 Å². The number of aldehydes is 1. The molecule has 0 atom stereocenters. The molecule has 26 heteroatoms. The predicted molar refractivity (Wildman–Crippen MR) is 392 cm³/mol. The fourth-order valence-corrected chi connectivity index (χ4v) is 11.7. The van der Waals surface area contributed by atoms with E-state index in [9.17, 15) is 24.3 Å². The Morgan fingerprint density at radius 2 is 0.867 bits per heavy atom. The summed E-state index contributed by atoms with van der Waals surface area (Å²) in [7, 11) is 0. The van der Waals surface area contributed by atoms with Gasteiger partial charge in [-0.3, -0.25) is 24.4 Å². The smallest absolute Gasteiger partial charge is 0.356 e. The Labute approximate surface area is 613 Å². The molecule has 0 aliphatic rings. The van der Waals surface area contributed by atoms with Crippen molar-refractivity contribution in [3.8, 4) is 0 Å². The van der Waals surface area contributed by atoms with Crippen molar-refractivity contribution in [3.05, 3.63) is 337 Å². The third kappa shape index (κ3) is 22.2. The van der Waals surface area contributed by atoms with E-state index in [1.807, 2.05) is 126 Å². The average molecular weight is 1510 g/mol. The lowest BCUT2D eigenvalue weighted by atomic mass is 10.1. The molecule has 5 aromatic carbocycles. The summed E-state index contributed by atoms with van der Waals surface area (Å²) in [4.78, 5) is 65.6. The van der Waals surface area contributed by atoms with Gasteiger partial charge < -0.3 is 34.5 Å². The summed E-state index contributed by atoms with van der Waals surface area (Å²) in [5.74, 6) is 0.301. The van der Waals surface area contributed by atoms with Crippen LogP contribution in [0, 0.1) is 0 Å². The van der Waals surface area contributed by atoms with Crippen molar-refractivity contribution in [2.45, 2.75) is 45.2 Å². The van der Waals surface area contributed by atoms with Gasteiger partial charge in [0.1, 0.15) is 23.2 Å². The molecule has 0 saturated carbocycles. The molecule has 0 spiro atoms. The number of fused-ring (bicyclic) bond motifs is 3. The summed E-state index contributed by atoms with van der Waals surface area (Å²) in [6.07, 6.45) is 13.5. The van der Waals surface area contributed by atoms with E-state index in [0.717, 1.165) is 62.6 Å². The molecule has 0 radical (unpaired) electrons. The molecule has 500 valence electrons. The van der Waals surface area contributed by atoms with Crippen molar-refractivity contribution >= 4 is 157 Å². The molecule has 98 heavy (non-hydrogen) atoms. The van der Waals surface area contributed by atoms with Gasteiger partial charge >= 0.3 is 11.9 Å². The number of carbonyl (C=O) groups is 4. The minimum atomic E-state index is -1.05. The standard InChI is InChI=1S/C15H10Cl2N2O2.C15H10Cl2N2O.C14H12Cl2N2O.C14H10Cl2N2.C8H6Cl2O2.C6H8N2/c16-10-5-4-9(11(17)8-10)7-13-18-14(15(20)21)12-3-1-2-6-19(12)13;16-11-5-4-10(12(17)8-11)7-15-18-13(9-20)14-3-1-2-6-19(14)15;15-11-5-4-10(13(16)8-11)7-14(19)18-9-12-3-1-2-6-17-12;15-11-5-4-10(13(16)8-11)7-14-17-9-12-3-1-2-6-18(12)14;9-6-2-1-5(3-8(11)12)7(10)4-6;7-5-6-3-1-2-4-8-6/h1-6,8H,7H2,(H,20,21);1-6,8-9H,7H2;1-6,8H,7,9H2,(H,18,19);1-6,8-9H,7H2;1-2,4H,3H2,(H,11,12);1-4H,5,7H2. The van der Waals surface area contributed by atoms with Gasteiger partial charge in [-0.15, -0.1) is 0 Å². The molecule has 1 amide bonds. The lowest BCUT2D eigenvalue weighted by Gasteiger charge is -2.06. The average Bonchev–Trinajstić information content (AvgIpc) is 1.65. The Morgan fingerprint density at radius 3 is 1.31 bits per heavy atom. The highest BCUT2D eigenvalue weighted by Gasteiger charge is 2.18. The van der Waals surface area contributed by atoms with Crippen LogP contribution in [0.25, 0.3) is 16.6 Å². The number of aliphatic carboxylic acids is 1. The molecule has 8 aromatic heterocycles. The van der Waals surface area contributed by atoms with Gasteiger partial charge in [-0.25, -0.2) is 19.7 Å². The summed E-state index contributed by atoms with van der Waals surface area (Å²) < 4.78 is 5.72. The predicted octanol–water partition coefficient (Wildman–Crippen LogP) is 18.6. The second-order valence-electron chi connectivity index (χ2n) is 20.9. The minimum Gasteiger partial charge on any atom is -0.481 e. The third-order valence-electron chi connectivity index (χ3n) is 14.0.